The number of benzene rings is 2. The van der Waals surface area contributed by atoms with Gasteiger partial charge in [-0.25, -0.2) is 0 Å². The molecule has 0 radical (unpaired) electrons. The van der Waals surface area contributed by atoms with Crippen molar-refractivity contribution in [1.29, 1.82) is 0 Å². The van der Waals surface area contributed by atoms with Gasteiger partial charge in [0.05, 0.1) is 11.1 Å². The van der Waals surface area contributed by atoms with Crippen LogP contribution in [0, 0.1) is 6.92 Å². The Morgan fingerprint density at radius 1 is 0.957 bits per heavy atom. The lowest BCUT2D eigenvalue weighted by Gasteiger charge is -2.05. The topological polar surface area (TPSA) is 73.1 Å². The lowest BCUT2D eigenvalue weighted by atomic mass is 9.99. The summed E-state index contributed by atoms with van der Waals surface area (Å²) in [6.07, 6.45) is 1.40. The molecule has 0 saturated heterocycles. The van der Waals surface area contributed by atoms with Crippen LogP contribution in [0.4, 0.5) is 0 Å². The second-order valence-electron chi connectivity index (χ2n) is 5.14. The summed E-state index contributed by atoms with van der Waals surface area (Å²) in [7, 11) is 0. The van der Waals surface area contributed by atoms with Gasteiger partial charge in [-0.3, -0.25) is 0 Å². The summed E-state index contributed by atoms with van der Waals surface area (Å²) >= 11 is 1.50. The first-order valence-electron chi connectivity index (χ1n) is 7.00. The number of thiophene rings is 1. The summed E-state index contributed by atoms with van der Waals surface area (Å²) in [6.45, 7) is 1.99. The van der Waals surface area contributed by atoms with Crippen molar-refractivity contribution in [2.24, 2.45) is 5.16 Å². The van der Waals surface area contributed by atoms with Crippen LogP contribution in [0.3, 0.4) is 0 Å². The third kappa shape index (κ3) is 2.91. The highest BCUT2D eigenvalue weighted by Crippen LogP contribution is 2.42. The van der Waals surface area contributed by atoms with Crippen LogP contribution in [0.2, 0.25) is 0 Å². The molecule has 3 aromatic rings. The maximum atomic E-state index is 9.73. The second-order valence-corrected chi connectivity index (χ2v) is 6.19. The van der Waals surface area contributed by atoms with Crippen molar-refractivity contribution in [2.45, 2.75) is 6.92 Å². The Hall–Kier alpha value is -2.79. The second kappa shape index (κ2) is 6.14. The molecule has 2 aromatic carbocycles. The number of hydrogen-bond acceptors (Lipinski definition) is 5. The molecule has 1 heterocycles. The van der Waals surface area contributed by atoms with E-state index in [0.717, 1.165) is 32.0 Å². The van der Waals surface area contributed by atoms with E-state index in [1.165, 1.54) is 17.6 Å². The molecule has 0 unspecified atom stereocenters. The summed E-state index contributed by atoms with van der Waals surface area (Å²) in [5.74, 6) is 0.402. The van der Waals surface area contributed by atoms with E-state index >= 15 is 0 Å². The molecule has 0 spiro atoms. The fraction of sp³-hybridized carbons (Fsp3) is 0.0556. The Morgan fingerprint density at radius 2 is 1.70 bits per heavy atom. The minimum atomic E-state index is 0.186. The molecule has 0 saturated carbocycles. The Morgan fingerprint density at radius 3 is 2.35 bits per heavy atom. The molecular weight excluding hydrogens is 310 g/mol. The summed E-state index contributed by atoms with van der Waals surface area (Å²) < 4.78 is 0. The zero-order chi connectivity index (χ0) is 16.4. The fourth-order valence-corrected chi connectivity index (χ4v) is 3.79. The van der Waals surface area contributed by atoms with Crippen LogP contribution < -0.4 is 0 Å². The molecule has 4 nitrogen and oxygen atoms in total. The van der Waals surface area contributed by atoms with Gasteiger partial charge in [-0.05, 0) is 60.0 Å². The van der Waals surface area contributed by atoms with E-state index < -0.39 is 0 Å². The van der Waals surface area contributed by atoms with Crippen LogP contribution in [-0.4, -0.2) is 21.6 Å². The van der Waals surface area contributed by atoms with Crippen molar-refractivity contribution in [3.8, 4) is 33.1 Å². The largest absolute Gasteiger partial charge is 0.508 e. The van der Waals surface area contributed by atoms with Gasteiger partial charge in [-0.2, -0.15) is 0 Å². The van der Waals surface area contributed by atoms with E-state index in [9.17, 15) is 10.2 Å². The zero-order valence-corrected chi connectivity index (χ0v) is 13.2. The van der Waals surface area contributed by atoms with Crippen molar-refractivity contribution < 1.29 is 15.4 Å². The number of oxime groups is 1. The van der Waals surface area contributed by atoms with Crippen LogP contribution in [0.25, 0.3) is 21.6 Å². The molecular formula is C18H15NO3S. The Labute approximate surface area is 137 Å². The summed E-state index contributed by atoms with van der Waals surface area (Å²) in [5, 5.41) is 31.3. The zero-order valence-electron chi connectivity index (χ0n) is 12.4. The van der Waals surface area contributed by atoms with Gasteiger partial charge in [-0.15, -0.1) is 11.3 Å². The number of aromatic hydroxyl groups is 2. The molecule has 3 rings (SSSR count). The number of phenolic OH excluding ortho intramolecular Hbond substituents is 2. The van der Waals surface area contributed by atoms with Crippen molar-refractivity contribution in [1.82, 2.24) is 0 Å². The van der Waals surface area contributed by atoms with Crippen molar-refractivity contribution in [2.75, 3.05) is 0 Å². The third-order valence-electron chi connectivity index (χ3n) is 3.61. The Balaban J connectivity index is 2.21. The first-order chi connectivity index (χ1) is 11.1. The van der Waals surface area contributed by atoms with Crippen LogP contribution in [-0.2, 0) is 0 Å². The molecule has 0 aliphatic carbocycles. The Kier molecular flexibility index (Phi) is 4.04. The van der Waals surface area contributed by atoms with Crippen molar-refractivity contribution in [3.63, 3.8) is 0 Å². The molecule has 5 heteroatoms. The van der Waals surface area contributed by atoms with E-state index in [4.69, 9.17) is 5.21 Å². The minimum absolute atomic E-state index is 0.186. The standard InChI is InChI=1S/C18H15NO3S/c1-11-17(13-3-2-4-15(21)9-13)16(10-19-22)23-18(11)12-5-7-14(20)8-6-12/h2-10,20-22H,1H3/b19-10+. The van der Waals surface area contributed by atoms with Gasteiger partial charge < -0.3 is 15.4 Å². The maximum Gasteiger partial charge on any atom is 0.116 e. The molecule has 0 atom stereocenters. The minimum Gasteiger partial charge on any atom is -0.508 e. The monoisotopic (exact) mass is 325 g/mol. The van der Waals surface area contributed by atoms with Crippen LogP contribution in [0.1, 0.15) is 10.4 Å². The summed E-state index contributed by atoms with van der Waals surface area (Å²) in [4.78, 5) is 1.83. The highest BCUT2D eigenvalue weighted by atomic mass is 32.1. The predicted molar refractivity (Wildman–Crippen MR) is 92.6 cm³/mol. The lowest BCUT2D eigenvalue weighted by molar-refractivity contribution is 0.322. The van der Waals surface area contributed by atoms with Crippen LogP contribution >= 0.6 is 11.3 Å². The van der Waals surface area contributed by atoms with Gasteiger partial charge in [0.25, 0.3) is 0 Å². The van der Waals surface area contributed by atoms with E-state index in [1.807, 2.05) is 25.1 Å². The molecule has 3 N–H and O–H groups in total. The average molecular weight is 325 g/mol. The number of hydrogen-bond donors (Lipinski definition) is 3. The molecule has 0 amide bonds. The quantitative estimate of drug-likeness (QED) is 0.374. The predicted octanol–water partition coefficient (Wildman–Crippen LogP) is 4.61. The SMILES string of the molecule is Cc1c(-c2ccc(O)cc2)sc(/C=N/O)c1-c1cccc(O)c1. The average Bonchev–Trinajstić information content (AvgIpc) is 2.85. The summed E-state index contributed by atoms with van der Waals surface area (Å²) in [5.41, 5.74) is 3.79. The molecule has 1 aromatic heterocycles. The van der Waals surface area contributed by atoms with E-state index in [0.29, 0.717) is 0 Å². The van der Waals surface area contributed by atoms with Crippen LogP contribution in [0.15, 0.2) is 53.7 Å². The fourth-order valence-electron chi connectivity index (χ4n) is 2.59. The van der Waals surface area contributed by atoms with E-state index in [2.05, 4.69) is 5.16 Å². The third-order valence-corrected chi connectivity index (χ3v) is 4.89. The van der Waals surface area contributed by atoms with E-state index in [-0.39, 0.29) is 11.5 Å². The number of rotatable bonds is 3. The smallest absolute Gasteiger partial charge is 0.116 e. The van der Waals surface area contributed by atoms with Gasteiger partial charge in [-0.1, -0.05) is 17.3 Å². The van der Waals surface area contributed by atoms with Crippen molar-refractivity contribution >= 4 is 17.6 Å². The molecule has 23 heavy (non-hydrogen) atoms. The van der Waals surface area contributed by atoms with Crippen molar-refractivity contribution in [3.05, 3.63) is 59.0 Å². The van der Waals surface area contributed by atoms with Gasteiger partial charge in [0.1, 0.15) is 11.5 Å². The Bertz CT molecular complexity index is 866. The van der Waals surface area contributed by atoms with Gasteiger partial charge in [0.15, 0.2) is 0 Å². The molecule has 0 fully saturated rings. The van der Waals surface area contributed by atoms with Gasteiger partial charge >= 0.3 is 0 Å². The maximum absolute atomic E-state index is 9.73. The molecule has 116 valence electrons. The number of phenols is 2. The van der Waals surface area contributed by atoms with Gasteiger partial charge in [0.2, 0.25) is 0 Å². The normalized spacial score (nSPS) is 11.2. The molecule has 0 aliphatic rings. The lowest BCUT2D eigenvalue weighted by Crippen LogP contribution is -1.85. The number of nitrogens with zero attached hydrogens (tertiary/aromatic N) is 1. The highest BCUT2D eigenvalue weighted by molar-refractivity contribution is 7.18. The van der Waals surface area contributed by atoms with Gasteiger partial charge in [0, 0.05) is 10.4 Å². The summed E-state index contributed by atoms with van der Waals surface area (Å²) in [6, 6.07) is 14.0. The first-order valence-corrected chi connectivity index (χ1v) is 7.81. The van der Waals surface area contributed by atoms with Crippen LogP contribution in [0.5, 0.6) is 11.5 Å². The van der Waals surface area contributed by atoms with E-state index in [1.54, 1.807) is 30.3 Å². The highest BCUT2D eigenvalue weighted by Gasteiger charge is 2.17. The first kappa shape index (κ1) is 15.1. The molecule has 0 aliphatic heterocycles. The molecule has 0 bridgehead atoms.